The monoisotopic (exact) mass is 372 g/mol. The molecule has 1 aliphatic heterocycles. The van der Waals surface area contributed by atoms with Gasteiger partial charge in [0.2, 0.25) is 0 Å². The summed E-state index contributed by atoms with van der Waals surface area (Å²) in [5.41, 5.74) is 3.93. The molecule has 0 bridgehead atoms. The zero-order chi connectivity index (χ0) is 18.7. The summed E-state index contributed by atoms with van der Waals surface area (Å²) in [7, 11) is 0. The van der Waals surface area contributed by atoms with E-state index in [9.17, 15) is 9.59 Å². The number of hydrogen-bond acceptors (Lipinski definition) is 5. The van der Waals surface area contributed by atoms with Gasteiger partial charge in [-0.05, 0) is 39.2 Å². The minimum atomic E-state index is -0.148. The molecule has 5 nitrogen and oxygen atoms in total. The Morgan fingerprint density at radius 3 is 2.65 bits per heavy atom. The van der Waals surface area contributed by atoms with Gasteiger partial charge in [0.15, 0.2) is 0 Å². The summed E-state index contributed by atoms with van der Waals surface area (Å²) in [6.07, 6.45) is 1.30. The molecule has 6 heteroatoms. The average Bonchev–Trinajstić information content (AvgIpc) is 3.11. The Morgan fingerprint density at radius 2 is 2.00 bits per heavy atom. The minimum absolute atomic E-state index is 0.0560. The van der Waals surface area contributed by atoms with Gasteiger partial charge < -0.3 is 9.64 Å². The molecule has 1 aliphatic rings. The molecule has 138 valence electrons. The van der Waals surface area contributed by atoms with E-state index in [4.69, 9.17) is 4.74 Å². The molecule has 0 aliphatic carbocycles. The first-order valence-electron chi connectivity index (χ1n) is 8.98. The van der Waals surface area contributed by atoms with E-state index in [2.05, 4.69) is 37.0 Å². The number of benzene rings is 1. The Morgan fingerprint density at radius 1 is 1.27 bits per heavy atom. The van der Waals surface area contributed by atoms with Crippen LogP contribution in [0.1, 0.15) is 41.4 Å². The lowest BCUT2D eigenvalue weighted by Gasteiger charge is -2.30. The van der Waals surface area contributed by atoms with E-state index in [1.807, 2.05) is 12.3 Å². The molecule has 0 unspecified atom stereocenters. The predicted octanol–water partition coefficient (Wildman–Crippen LogP) is 3.84. The first kappa shape index (κ1) is 18.6. The van der Waals surface area contributed by atoms with E-state index in [0.717, 1.165) is 16.1 Å². The summed E-state index contributed by atoms with van der Waals surface area (Å²) in [6.45, 7) is 7.47. The molecular formula is C20H24N2O3S. The second-order valence-corrected chi connectivity index (χ2v) is 7.53. The van der Waals surface area contributed by atoms with Gasteiger partial charge in [0.25, 0.3) is 5.91 Å². The third-order valence-electron chi connectivity index (χ3n) is 4.74. The van der Waals surface area contributed by atoms with Crippen molar-refractivity contribution < 1.29 is 14.3 Å². The lowest BCUT2D eigenvalue weighted by molar-refractivity contribution is -0.149. The summed E-state index contributed by atoms with van der Waals surface area (Å²) in [6, 6.07) is 6.24. The van der Waals surface area contributed by atoms with Crippen molar-refractivity contribution in [2.24, 2.45) is 5.92 Å². The summed E-state index contributed by atoms with van der Waals surface area (Å²) in [5.74, 6) is -0.301. The van der Waals surface area contributed by atoms with Gasteiger partial charge in [-0.3, -0.25) is 9.59 Å². The van der Waals surface area contributed by atoms with Crippen molar-refractivity contribution in [2.75, 3.05) is 19.7 Å². The molecule has 0 spiro atoms. The van der Waals surface area contributed by atoms with E-state index in [0.29, 0.717) is 38.2 Å². The number of thiazole rings is 1. The Hall–Kier alpha value is -2.21. The number of nitrogens with zero attached hydrogens (tertiary/aromatic N) is 2. The Kier molecular flexibility index (Phi) is 5.71. The Labute approximate surface area is 158 Å². The van der Waals surface area contributed by atoms with Gasteiger partial charge in [-0.25, -0.2) is 4.98 Å². The molecule has 2 heterocycles. The highest BCUT2D eigenvalue weighted by Gasteiger charge is 2.29. The molecule has 1 aromatic carbocycles. The number of rotatable bonds is 4. The van der Waals surface area contributed by atoms with Gasteiger partial charge in [-0.2, -0.15) is 0 Å². The van der Waals surface area contributed by atoms with Crippen LogP contribution in [0.5, 0.6) is 0 Å². The summed E-state index contributed by atoms with van der Waals surface area (Å²) in [4.78, 5) is 30.9. The zero-order valence-corrected chi connectivity index (χ0v) is 16.3. The van der Waals surface area contributed by atoms with E-state index in [1.165, 1.54) is 16.9 Å². The van der Waals surface area contributed by atoms with E-state index >= 15 is 0 Å². The van der Waals surface area contributed by atoms with Crippen molar-refractivity contribution >= 4 is 23.2 Å². The van der Waals surface area contributed by atoms with E-state index in [1.54, 1.807) is 4.90 Å². The van der Waals surface area contributed by atoms with Gasteiger partial charge in [0.05, 0.1) is 12.5 Å². The van der Waals surface area contributed by atoms with Crippen LogP contribution in [-0.4, -0.2) is 41.5 Å². The summed E-state index contributed by atoms with van der Waals surface area (Å²) < 4.78 is 5.08. The maximum absolute atomic E-state index is 12.7. The zero-order valence-electron chi connectivity index (χ0n) is 15.4. The molecule has 0 radical (unpaired) electrons. The quantitative estimate of drug-likeness (QED) is 0.765. The van der Waals surface area contributed by atoms with Gasteiger partial charge in [-0.1, -0.05) is 23.8 Å². The highest BCUT2D eigenvalue weighted by atomic mass is 32.1. The molecule has 1 amide bonds. The van der Waals surface area contributed by atoms with Crippen molar-refractivity contribution in [2.45, 2.75) is 33.6 Å². The van der Waals surface area contributed by atoms with Crippen LogP contribution in [0.3, 0.4) is 0 Å². The lowest BCUT2D eigenvalue weighted by atomic mass is 9.97. The van der Waals surface area contributed by atoms with Crippen molar-refractivity contribution in [3.63, 3.8) is 0 Å². The van der Waals surface area contributed by atoms with Crippen LogP contribution in [0.15, 0.2) is 23.6 Å². The molecular weight excluding hydrogens is 348 g/mol. The molecule has 1 fully saturated rings. The average molecular weight is 372 g/mol. The fraction of sp³-hybridized carbons (Fsp3) is 0.450. The molecule has 3 rings (SSSR count). The molecule has 0 atom stereocenters. The smallest absolute Gasteiger partial charge is 0.309 e. The first-order valence-corrected chi connectivity index (χ1v) is 9.86. The standard InChI is InChI=1S/C20H24N2O3S/c1-4-25-20(24)15-7-9-22(10-8-15)19(23)17-12-26-18(21-17)16-6-5-13(2)11-14(16)3/h5-6,11-12,15H,4,7-10H2,1-3H3. The third-order valence-corrected chi connectivity index (χ3v) is 5.61. The normalized spacial score (nSPS) is 15.1. The highest BCUT2D eigenvalue weighted by Crippen LogP contribution is 2.28. The second-order valence-electron chi connectivity index (χ2n) is 6.67. The summed E-state index contributed by atoms with van der Waals surface area (Å²) in [5, 5.41) is 2.70. The maximum Gasteiger partial charge on any atom is 0.309 e. The molecule has 26 heavy (non-hydrogen) atoms. The second kappa shape index (κ2) is 7.99. The number of piperidine rings is 1. The van der Waals surface area contributed by atoms with Crippen LogP contribution in [0, 0.1) is 19.8 Å². The van der Waals surface area contributed by atoms with Crippen LogP contribution in [0.25, 0.3) is 10.6 Å². The van der Waals surface area contributed by atoms with E-state index < -0.39 is 0 Å². The molecule has 2 aromatic rings. The largest absolute Gasteiger partial charge is 0.466 e. The number of ether oxygens (including phenoxy) is 1. The minimum Gasteiger partial charge on any atom is -0.466 e. The van der Waals surface area contributed by atoms with Crippen molar-refractivity contribution in [1.82, 2.24) is 9.88 Å². The van der Waals surface area contributed by atoms with Crippen molar-refractivity contribution in [3.8, 4) is 10.6 Å². The molecule has 1 aromatic heterocycles. The third kappa shape index (κ3) is 3.96. The number of carbonyl (C=O) groups excluding carboxylic acids is 2. The molecule has 0 N–H and O–H groups in total. The number of hydrogen-bond donors (Lipinski definition) is 0. The molecule has 1 saturated heterocycles. The first-order chi connectivity index (χ1) is 12.5. The number of esters is 1. The number of amides is 1. The summed E-state index contributed by atoms with van der Waals surface area (Å²) >= 11 is 1.49. The van der Waals surface area contributed by atoms with Crippen LogP contribution in [-0.2, 0) is 9.53 Å². The number of aryl methyl sites for hydroxylation is 2. The number of likely N-dealkylation sites (tertiary alicyclic amines) is 1. The maximum atomic E-state index is 12.7. The Balaban J connectivity index is 1.66. The van der Waals surface area contributed by atoms with Crippen LogP contribution in [0.4, 0.5) is 0 Å². The topological polar surface area (TPSA) is 59.5 Å². The van der Waals surface area contributed by atoms with Crippen LogP contribution >= 0.6 is 11.3 Å². The van der Waals surface area contributed by atoms with Gasteiger partial charge >= 0.3 is 5.97 Å². The Bertz CT molecular complexity index is 807. The van der Waals surface area contributed by atoms with Gasteiger partial charge in [0.1, 0.15) is 10.7 Å². The van der Waals surface area contributed by atoms with E-state index in [-0.39, 0.29) is 17.8 Å². The van der Waals surface area contributed by atoms with Gasteiger partial charge in [0, 0.05) is 24.0 Å². The fourth-order valence-corrected chi connectivity index (χ4v) is 4.17. The van der Waals surface area contributed by atoms with Crippen molar-refractivity contribution in [1.29, 1.82) is 0 Å². The lowest BCUT2D eigenvalue weighted by Crippen LogP contribution is -2.40. The van der Waals surface area contributed by atoms with Crippen LogP contribution < -0.4 is 0 Å². The highest BCUT2D eigenvalue weighted by molar-refractivity contribution is 7.13. The fourth-order valence-electron chi connectivity index (χ4n) is 3.29. The predicted molar refractivity (Wildman–Crippen MR) is 102 cm³/mol. The SMILES string of the molecule is CCOC(=O)C1CCN(C(=O)c2csc(-c3ccc(C)cc3C)n2)CC1. The molecule has 0 saturated carbocycles. The number of carbonyl (C=O) groups is 2. The van der Waals surface area contributed by atoms with Crippen molar-refractivity contribution in [3.05, 3.63) is 40.4 Å². The number of aromatic nitrogens is 1. The van der Waals surface area contributed by atoms with Gasteiger partial charge in [-0.15, -0.1) is 11.3 Å². The van der Waals surface area contributed by atoms with Crippen LogP contribution in [0.2, 0.25) is 0 Å².